The number of fused-ring (bicyclic) bond motifs is 1. The van der Waals surface area contributed by atoms with Crippen LogP contribution in [0.3, 0.4) is 0 Å². The summed E-state index contributed by atoms with van der Waals surface area (Å²) < 4.78 is 0. The molecule has 0 unspecified atom stereocenters. The highest BCUT2D eigenvalue weighted by Gasteiger charge is 2.31. The Morgan fingerprint density at radius 1 is 0.703 bits per heavy atom. The van der Waals surface area contributed by atoms with Gasteiger partial charge in [-0.1, -0.05) is 141 Å². The minimum absolute atomic E-state index is 0.922. The van der Waals surface area contributed by atoms with Crippen molar-refractivity contribution < 1.29 is 0 Å². The molecule has 0 nitrogen and oxygen atoms in total. The Balaban J connectivity index is 2.20. The van der Waals surface area contributed by atoms with Crippen LogP contribution in [0.4, 0.5) is 0 Å². The molecule has 0 amide bonds. The Hall–Kier alpha value is -4.42. The van der Waals surface area contributed by atoms with Crippen molar-refractivity contribution in [3.05, 3.63) is 180 Å². The van der Waals surface area contributed by atoms with Crippen molar-refractivity contribution in [1.82, 2.24) is 0 Å². The van der Waals surface area contributed by atoms with Gasteiger partial charge in [0.1, 0.15) is 0 Å². The molecule has 3 aromatic rings. The van der Waals surface area contributed by atoms with Crippen LogP contribution in [0.15, 0.2) is 157 Å². The minimum atomic E-state index is 0.922. The lowest BCUT2D eigenvalue weighted by atomic mass is 9.83. The summed E-state index contributed by atoms with van der Waals surface area (Å²) in [6.45, 7) is 19.6. The van der Waals surface area contributed by atoms with E-state index in [9.17, 15) is 0 Å². The number of hydrogen-bond acceptors (Lipinski definition) is 0. The van der Waals surface area contributed by atoms with Gasteiger partial charge in [-0.25, -0.2) is 0 Å². The van der Waals surface area contributed by atoms with Gasteiger partial charge in [0, 0.05) is 0 Å². The van der Waals surface area contributed by atoms with Crippen molar-refractivity contribution in [2.24, 2.45) is 0 Å². The van der Waals surface area contributed by atoms with Gasteiger partial charge in [-0.2, -0.15) is 0 Å². The van der Waals surface area contributed by atoms with Crippen molar-refractivity contribution in [1.29, 1.82) is 0 Å². The van der Waals surface area contributed by atoms with Crippen molar-refractivity contribution >= 4 is 22.3 Å². The van der Waals surface area contributed by atoms with Gasteiger partial charge in [-0.15, -0.1) is 0 Å². The fourth-order valence-electron chi connectivity index (χ4n) is 4.84. The third-order valence-electron chi connectivity index (χ3n) is 6.51. The third kappa shape index (κ3) is 5.25. The van der Waals surface area contributed by atoms with E-state index in [1.54, 1.807) is 0 Å². The van der Waals surface area contributed by atoms with Crippen LogP contribution in [0.5, 0.6) is 0 Å². The summed E-state index contributed by atoms with van der Waals surface area (Å²) in [5.41, 5.74) is 13.4. The average Bonchev–Trinajstić information content (AvgIpc) is 3.24. The van der Waals surface area contributed by atoms with Crippen molar-refractivity contribution in [2.45, 2.75) is 20.8 Å². The van der Waals surface area contributed by atoms with Gasteiger partial charge in [0.25, 0.3) is 0 Å². The highest BCUT2D eigenvalue weighted by Crippen LogP contribution is 2.52. The van der Waals surface area contributed by atoms with Gasteiger partial charge in [0.15, 0.2) is 0 Å². The zero-order valence-electron chi connectivity index (χ0n) is 22.1. The first kappa shape index (κ1) is 25.7. The summed E-state index contributed by atoms with van der Waals surface area (Å²) >= 11 is 0. The molecular formula is C37H34. The first-order valence-corrected chi connectivity index (χ1v) is 12.7. The normalized spacial score (nSPS) is 14.4. The fourth-order valence-corrected chi connectivity index (χ4v) is 4.84. The second-order valence-corrected chi connectivity index (χ2v) is 9.35. The second kappa shape index (κ2) is 11.5. The number of benzene rings is 3. The maximum absolute atomic E-state index is 4.64. The Morgan fingerprint density at radius 2 is 1.27 bits per heavy atom. The van der Waals surface area contributed by atoms with Crippen LogP contribution in [0, 0.1) is 0 Å². The predicted molar refractivity (Wildman–Crippen MR) is 164 cm³/mol. The molecule has 4 rings (SSSR count). The minimum Gasteiger partial charge on any atom is -0.0984 e. The number of allylic oxidation sites excluding steroid dienone is 13. The van der Waals surface area contributed by atoms with E-state index in [4.69, 9.17) is 0 Å². The molecular weight excluding hydrogens is 444 g/mol. The molecule has 37 heavy (non-hydrogen) atoms. The number of rotatable bonds is 8. The van der Waals surface area contributed by atoms with Crippen molar-refractivity contribution in [2.75, 3.05) is 0 Å². The molecule has 0 bridgehead atoms. The fraction of sp³-hybridized carbons (Fsp3) is 0.0811. The van der Waals surface area contributed by atoms with E-state index < -0.39 is 0 Å². The van der Waals surface area contributed by atoms with E-state index in [2.05, 4.69) is 125 Å². The molecule has 0 aromatic heterocycles. The van der Waals surface area contributed by atoms with Gasteiger partial charge in [0.2, 0.25) is 0 Å². The predicted octanol–water partition coefficient (Wildman–Crippen LogP) is 10.3. The summed E-state index contributed by atoms with van der Waals surface area (Å²) in [6.07, 6.45) is 10.4. The standard InChI is InChI=1S/C37H34/c1-7-17-27(5)31(8-2)36(30-20-13-10-14-21-30)37-34(25-24-26(3)4)32-22-15-16-23-33(32)35(37)28(6)29-18-11-9-12-19-29/h7-25H,2,5-6H2,1,3-4H3/b17-7-,34-25+,36-31-. The quantitative estimate of drug-likeness (QED) is 0.282. The van der Waals surface area contributed by atoms with E-state index >= 15 is 0 Å². The van der Waals surface area contributed by atoms with Crippen LogP contribution in [0.2, 0.25) is 0 Å². The van der Waals surface area contributed by atoms with Crippen molar-refractivity contribution in [3.63, 3.8) is 0 Å². The summed E-state index contributed by atoms with van der Waals surface area (Å²) in [7, 11) is 0. The largest absolute Gasteiger partial charge is 0.0984 e. The Morgan fingerprint density at radius 3 is 1.84 bits per heavy atom. The third-order valence-corrected chi connectivity index (χ3v) is 6.51. The molecule has 1 aliphatic carbocycles. The molecule has 0 aliphatic heterocycles. The zero-order valence-corrected chi connectivity index (χ0v) is 22.1. The molecule has 0 N–H and O–H groups in total. The lowest BCUT2D eigenvalue weighted by molar-refractivity contribution is 1.39. The summed E-state index contributed by atoms with van der Waals surface area (Å²) in [6, 6.07) is 29.6. The highest BCUT2D eigenvalue weighted by atomic mass is 14.3. The zero-order chi connectivity index (χ0) is 26.4. The molecule has 0 saturated heterocycles. The van der Waals surface area contributed by atoms with Crippen LogP contribution < -0.4 is 0 Å². The van der Waals surface area contributed by atoms with E-state index in [1.807, 2.05) is 31.2 Å². The maximum atomic E-state index is 4.64. The van der Waals surface area contributed by atoms with Crippen LogP contribution in [-0.2, 0) is 0 Å². The lowest BCUT2D eigenvalue weighted by Gasteiger charge is -2.20. The summed E-state index contributed by atoms with van der Waals surface area (Å²) in [5, 5.41) is 0. The van der Waals surface area contributed by atoms with Gasteiger partial charge in [-0.05, 0) is 82.0 Å². The van der Waals surface area contributed by atoms with Crippen LogP contribution in [0.25, 0.3) is 22.3 Å². The lowest BCUT2D eigenvalue weighted by Crippen LogP contribution is -1.99. The van der Waals surface area contributed by atoms with Gasteiger partial charge in [0.05, 0.1) is 0 Å². The highest BCUT2D eigenvalue weighted by molar-refractivity contribution is 6.23. The first-order valence-electron chi connectivity index (χ1n) is 12.7. The summed E-state index contributed by atoms with van der Waals surface area (Å²) in [4.78, 5) is 0. The first-order chi connectivity index (χ1) is 18.0. The van der Waals surface area contributed by atoms with Gasteiger partial charge in [-0.3, -0.25) is 0 Å². The SMILES string of the molecule is C=C/C(C(=C)/C=C\C)=C(/C1=C(C(=C)c2ccccc2)c2ccccc2/C1=C\C=C(C)C)c1ccccc1. The molecule has 182 valence electrons. The molecule has 0 atom stereocenters. The molecule has 0 saturated carbocycles. The summed E-state index contributed by atoms with van der Waals surface area (Å²) in [5.74, 6) is 0. The number of hydrogen-bond donors (Lipinski definition) is 0. The van der Waals surface area contributed by atoms with E-state index in [-0.39, 0.29) is 0 Å². The molecule has 3 aromatic carbocycles. The van der Waals surface area contributed by atoms with Crippen LogP contribution in [0.1, 0.15) is 43.0 Å². The van der Waals surface area contributed by atoms with Gasteiger partial charge < -0.3 is 0 Å². The average molecular weight is 479 g/mol. The second-order valence-electron chi connectivity index (χ2n) is 9.35. The maximum Gasteiger partial charge on any atom is -0.000809 e. The molecule has 0 fully saturated rings. The van der Waals surface area contributed by atoms with Crippen LogP contribution in [-0.4, -0.2) is 0 Å². The van der Waals surface area contributed by atoms with E-state index in [0.29, 0.717) is 0 Å². The molecule has 0 heteroatoms. The molecule has 1 aliphatic rings. The van der Waals surface area contributed by atoms with Crippen LogP contribution >= 0.6 is 0 Å². The molecule has 0 radical (unpaired) electrons. The van der Waals surface area contributed by atoms with Gasteiger partial charge >= 0.3 is 0 Å². The molecule has 0 heterocycles. The Kier molecular flexibility index (Phi) is 8.01. The monoisotopic (exact) mass is 478 g/mol. The van der Waals surface area contributed by atoms with Crippen molar-refractivity contribution in [3.8, 4) is 0 Å². The Labute approximate surface area is 222 Å². The smallest absolute Gasteiger partial charge is 0.000809 e. The topological polar surface area (TPSA) is 0 Å². The molecule has 0 spiro atoms. The van der Waals surface area contributed by atoms with E-state index in [0.717, 1.165) is 44.6 Å². The Bertz CT molecular complexity index is 1490. The van der Waals surface area contributed by atoms with E-state index in [1.165, 1.54) is 22.3 Å².